The molecule has 0 bridgehead atoms. The summed E-state index contributed by atoms with van der Waals surface area (Å²) >= 11 is 0. The van der Waals surface area contributed by atoms with Crippen molar-refractivity contribution in [3.05, 3.63) is 66.0 Å². The molecule has 0 fully saturated rings. The molecule has 0 aliphatic heterocycles. The average Bonchev–Trinajstić information content (AvgIpc) is 2.33. The van der Waals surface area contributed by atoms with Gasteiger partial charge in [-0.1, -0.05) is 60.7 Å². The zero-order valence-corrected chi connectivity index (χ0v) is 13.9. The van der Waals surface area contributed by atoms with Crippen molar-refractivity contribution in [3.63, 3.8) is 0 Å². The Morgan fingerprint density at radius 3 is 1.32 bits per heavy atom. The van der Waals surface area contributed by atoms with Gasteiger partial charge in [0, 0.05) is 28.3 Å². The first-order valence-corrected chi connectivity index (χ1v) is 5.29. The third-order valence-electron chi connectivity index (χ3n) is 1.77. The zero-order valence-electron chi connectivity index (χ0n) is 10.7. The number of nitrogens with zero attached hydrogens (tertiary/aromatic N) is 1. The van der Waals surface area contributed by atoms with Crippen LogP contribution in [0.4, 0.5) is 11.4 Å². The minimum absolute atomic E-state index is 0. The van der Waals surface area contributed by atoms with Crippen LogP contribution in [0.1, 0.15) is 6.92 Å². The molecule has 0 spiro atoms. The molecule has 0 heterocycles. The largest absolute Gasteiger partial charge is 0.658 e. The van der Waals surface area contributed by atoms with Crippen molar-refractivity contribution in [1.29, 1.82) is 0 Å². The van der Waals surface area contributed by atoms with Gasteiger partial charge in [0.1, 0.15) is 0 Å². The number of rotatable bonds is 2. The normalized spacial score (nSPS) is 7.47. The molecule has 0 radical (unpaired) electrons. The third-order valence-corrected chi connectivity index (χ3v) is 1.77. The van der Waals surface area contributed by atoms with Crippen molar-refractivity contribution in [3.8, 4) is 0 Å². The van der Waals surface area contributed by atoms with Crippen LogP contribution in [0.5, 0.6) is 0 Å². The van der Waals surface area contributed by atoms with Crippen LogP contribution in [0, 0.1) is 0 Å². The summed E-state index contributed by atoms with van der Waals surface area (Å²) in [5.41, 5.74) is 1.99. The molecule has 0 amide bonds. The Morgan fingerprint density at radius 1 is 0.789 bits per heavy atom. The predicted molar refractivity (Wildman–Crippen MR) is 82.8 cm³/mol. The average molecular weight is 335 g/mol. The van der Waals surface area contributed by atoms with E-state index in [0.717, 1.165) is 11.4 Å². The molecule has 2 aromatic rings. The molecule has 1 N–H and O–H groups in total. The third kappa shape index (κ3) is 11.1. The molecule has 0 saturated carbocycles. The van der Waals surface area contributed by atoms with Crippen LogP contribution in [-0.2, 0) is 21.7 Å². The maximum Gasteiger partial charge on any atom is 0.0402 e. The van der Waals surface area contributed by atoms with Crippen LogP contribution < -0.4 is 0 Å². The second-order valence-electron chi connectivity index (χ2n) is 3.10. The van der Waals surface area contributed by atoms with Gasteiger partial charge < -0.3 is 10.4 Å². The van der Waals surface area contributed by atoms with E-state index < -0.39 is 0 Å². The first-order chi connectivity index (χ1) is 7.86. The van der Waals surface area contributed by atoms with Gasteiger partial charge in [-0.2, -0.15) is 0 Å². The van der Waals surface area contributed by atoms with Crippen LogP contribution >= 0.6 is 24.8 Å². The van der Waals surface area contributed by atoms with Crippen molar-refractivity contribution < 1.29 is 26.8 Å². The van der Waals surface area contributed by atoms with Crippen molar-refractivity contribution in [1.82, 2.24) is 0 Å². The second kappa shape index (κ2) is 15.6. The standard InChI is InChI=1S/C12H10N.C2H6O.2ClH.Ti/c1-3-7-11(8-4-1)13-12-9-5-2-6-10-12;1-2-3;;;/h1-10H;3H,2H2,1H3;2*1H;/q-1;;;;. The van der Waals surface area contributed by atoms with Gasteiger partial charge in [-0.05, 0) is 6.92 Å². The molecule has 0 aliphatic carbocycles. The summed E-state index contributed by atoms with van der Waals surface area (Å²) in [6, 6.07) is 19.9. The Morgan fingerprint density at radius 2 is 1.05 bits per heavy atom. The number of aliphatic hydroxyl groups is 1. The van der Waals surface area contributed by atoms with Crippen molar-refractivity contribution in [2.75, 3.05) is 6.61 Å². The van der Waals surface area contributed by atoms with Crippen LogP contribution in [0.15, 0.2) is 60.7 Å². The number of benzene rings is 2. The smallest absolute Gasteiger partial charge is 0.0402 e. The minimum atomic E-state index is 0. The van der Waals surface area contributed by atoms with E-state index in [-0.39, 0.29) is 53.1 Å². The molecule has 0 unspecified atom stereocenters. The van der Waals surface area contributed by atoms with Crippen LogP contribution in [0.25, 0.3) is 5.32 Å². The molecule has 5 heteroatoms. The van der Waals surface area contributed by atoms with Gasteiger partial charge in [0.15, 0.2) is 0 Å². The summed E-state index contributed by atoms with van der Waals surface area (Å²) in [5, 5.41) is 12.0. The topological polar surface area (TPSA) is 34.3 Å². The molecular formula is C14H18Cl2NOTi-. The Bertz CT molecular complexity index is 350. The molecule has 2 nitrogen and oxygen atoms in total. The number of hydrogen-bond acceptors (Lipinski definition) is 1. The summed E-state index contributed by atoms with van der Waals surface area (Å²) in [7, 11) is 0. The molecule has 19 heavy (non-hydrogen) atoms. The van der Waals surface area contributed by atoms with Gasteiger partial charge in [-0.15, -0.1) is 36.2 Å². The SMILES string of the molecule is CCO.Cl.Cl.[Ti].c1ccc([N-]c2ccccc2)cc1. The van der Waals surface area contributed by atoms with Crippen molar-refractivity contribution in [2.24, 2.45) is 0 Å². The summed E-state index contributed by atoms with van der Waals surface area (Å²) < 4.78 is 0. The summed E-state index contributed by atoms with van der Waals surface area (Å²) in [6.07, 6.45) is 0. The van der Waals surface area contributed by atoms with Crippen molar-refractivity contribution >= 4 is 36.2 Å². The Balaban J connectivity index is -0.000000393. The molecule has 104 valence electrons. The maximum atomic E-state index is 7.57. The van der Waals surface area contributed by atoms with Gasteiger partial charge in [-0.3, -0.25) is 0 Å². The van der Waals surface area contributed by atoms with Crippen LogP contribution in [-0.4, -0.2) is 11.7 Å². The fourth-order valence-electron chi connectivity index (χ4n) is 1.15. The van der Waals surface area contributed by atoms with Crippen LogP contribution in [0.2, 0.25) is 0 Å². The minimum Gasteiger partial charge on any atom is -0.658 e. The van der Waals surface area contributed by atoms with E-state index in [2.05, 4.69) is 5.32 Å². The maximum absolute atomic E-state index is 7.57. The molecule has 2 aromatic carbocycles. The van der Waals surface area contributed by atoms with E-state index in [9.17, 15) is 0 Å². The van der Waals surface area contributed by atoms with Crippen molar-refractivity contribution in [2.45, 2.75) is 6.92 Å². The zero-order chi connectivity index (χ0) is 11.6. The second-order valence-corrected chi connectivity index (χ2v) is 3.10. The number of hydrogen-bond donors (Lipinski definition) is 1. The summed E-state index contributed by atoms with van der Waals surface area (Å²) in [5.74, 6) is 0. The van der Waals surface area contributed by atoms with E-state index >= 15 is 0 Å². The van der Waals surface area contributed by atoms with E-state index in [0.29, 0.717) is 0 Å². The predicted octanol–water partition coefficient (Wildman–Crippen LogP) is 4.86. The molecule has 2 rings (SSSR count). The first kappa shape index (κ1) is 23.6. The fraction of sp³-hybridized carbons (Fsp3) is 0.143. The van der Waals surface area contributed by atoms with E-state index in [1.165, 1.54) is 0 Å². The van der Waals surface area contributed by atoms with E-state index in [4.69, 9.17) is 5.11 Å². The quantitative estimate of drug-likeness (QED) is 0.781. The van der Waals surface area contributed by atoms with Crippen LogP contribution in [0.3, 0.4) is 0 Å². The monoisotopic (exact) mass is 334 g/mol. The molecular weight excluding hydrogens is 317 g/mol. The molecule has 0 saturated heterocycles. The Labute approximate surface area is 142 Å². The molecule has 0 aliphatic rings. The number of halogens is 2. The van der Waals surface area contributed by atoms with E-state index in [1.807, 2.05) is 60.7 Å². The number of para-hydroxylation sites is 2. The van der Waals surface area contributed by atoms with Gasteiger partial charge in [-0.25, -0.2) is 0 Å². The Hall–Kier alpha value is -0.506. The molecule has 0 aromatic heterocycles. The Kier molecular flexibility index (Phi) is 19.3. The van der Waals surface area contributed by atoms with Gasteiger partial charge >= 0.3 is 0 Å². The van der Waals surface area contributed by atoms with E-state index in [1.54, 1.807) is 6.92 Å². The fourth-order valence-corrected chi connectivity index (χ4v) is 1.15. The summed E-state index contributed by atoms with van der Waals surface area (Å²) in [6.45, 7) is 1.93. The number of aliphatic hydroxyl groups excluding tert-OH is 1. The van der Waals surface area contributed by atoms with Gasteiger partial charge in [0.05, 0.1) is 0 Å². The van der Waals surface area contributed by atoms with Gasteiger partial charge in [0.25, 0.3) is 0 Å². The van der Waals surface area contributed by atoms with Gasteiger partial charge in [0.2, 0.25) is 0 Å². The summed E-state index contributed by atoms with van der Waals surface area (Å²) in [4.78, 5) is 0. The first-order valence-electron chi connectivity index (χ1n) is 5.29. The molecule has 0 atom stereocenters.